The van der Waals surface area contributed by atoms with Gasteiger partial charge in [0.25, 0.3) is 0 Å². The normalized spacial score (nSPS) is 21.0. The number of nitrogens with one attached hydrogen (secondary N) is 15. The van der Waals surface area contributed by atoms with E-state index in [-0.39, 0.29) is 108 Å². The molecule has 1 aromatic heterocycles. The van der Waals surface area contributed by atoms with Crippen molar-refractivity contribution >= 4 is 123 Å². The molecule has 1 aliphatic rings. The van der Waals surface area contributed by atoms with Crippen LogP contribution in [0.3, 0.4) is 0 Å². The number of aromatic nitrogens is 1. The minimum absolute atomic E-state index is 0.0385. The van der Waals surface area contributed by atoms with Gasteiger partial charge < -0.3 is 117 Å². The van der Waals surface area contributed by atoms with E-state index in [0.29, 0.717) is 22.9 Å². The van der Waals surface area contributed by atoms with Gasteiger partial charge in [-0.25, -0.2) is 0 Å². The Morgan fingerprint density at radius 1 is 0.557 bits per heavy atom. The van der Waals surface area contributed by atoms with Crippen molar-refractivity contribution in [2.75, 3.05) is 18.6 Å². The third-order valence-corrected chi connectivity index (χ3v) is 21.3. The highest BCUT2D eigenvalue weighted by molar-refractivity contribution is 7.98. The Balaban J connectivity index is 2.20. The van der Waals surface area contributed by atoms with Gasteiger partial charge in [-0.15, -0.1) is 0 Å². The van der Waals surface area contributed by atoms with E-state index in [9.17, 15) is 82.8 Å². The number of carboxylic acid groups (broad SMARTS) is 2. The first-order chi connectivity index (χ1) is 57.1. The number of para-hydroxylation sites is 1. The summed E-state index contributed by atoms with van der Waals surface area (Å²) in [5, 5.41) is 79.1. The highest BCUT2D eigenvalue weighted by Crippen LogP contribution is 2.24. The van der Waals surface area contributed by atoms with Gasteiger partial charge in [0, 0.05) is 36.4 Å². The van der Waals surface area contributed by atoms with Gasteiger partial charge in [0.15, 0.2) is 0 Å². The molecule has 25 N–H and O–H groups in total. The van der Waals surface area contributed by atoms with Crippen LogP contribution in [0.2, 0.25) is 0 Å². The smallest absolute Gasteiger partial charge is 0.325 e. The van der Waals surface area contributed by atoms with Crippen molar-refractivity contribution in [1.29, 1.82) is 0 Å². The van der Waals surface area contributed by atoms with E-state index in [1.807, 2.05) is 0 Å². The van der Waals surface area contributed by atoms with Gasteiger partial charge >= 0.3 is 11.9 Å². The molecule has 0 saturated heterocycles. The van der Waals surface area contributed by atoms with Crippen LogP contribution < -0.4 is 91.6 Å². The summed E-state index contributed by atoms with van der Waals surface area (Å²) in [6, 6.07) is -12.2. The number of carbonyl (C=O) groups is 17. The number of H-pyrrole nitrogens is 1. The van der Waals surface area contributed by atoms with E-state index in [4.69, 9.17) is 17.2 Å². The molecule has 2 unspecified atom stereocenters. The summed E-state index contributed by atoms with van der Waals surface area (Å²) in [7, 11) is 0. The average Bonchev–Trinajstić information content (AvgIpc) is 1.77. The lowest BCUT2D eigenvalue weighted by atomic mass is 9.91. The molecule has 0 saturated carbocycles. The van der Waals surface area contributed by atoms with Crippen molar-refractivity contribution < 1.29 is 102 Å². The number of carbonyl (C=O) groups excluding carboxylic acids is 15. The summed E-state index contributed by atoms with van der Waals surface area (Å²) in [5.74, 6) is -18.4. The van der Waals surface area contributed by atoms with E-state index < -0.39 is 233 Å². The van der Waals surface area contributed by atoms with Crippen LogP contribution in [0.4, 0.5) is 0 Å². The summed E-state index contributed by atoms with van der Waals surface area (Å²) in [6.07, 6.45) is 1.85. The van der Waals surface area contributed by atoms with Gasteiger partial charge in [-0.1, -0.05) is 85.7 Å². The molecule has 1 aromatic carbocycles. The van der Waals surface area contributed by atoms with Crippen LogP contribution in [0.15, 0.2) is 42.6 Å². The van der Waals surface area contributed by atoms with Crippen molar-refractivity contribution in [3.05, 3.63) is 48.2 Å². The third-order valence-electron chi connectivity index (χ3n) is 20.6. The molecule has 122 heavy (non-hydrogen) atoms. The van der Waals surface area contributed by atoms with Crippen molar-refractivity contribution in [1.82, 2.24) is 79.4 Å². The van der Waals surface area contributed by atoms with Gasteiger partial charge in [-0.3, -0.25) is 81.5 Å². The maximum Gasteiger partial charge on any atom is 0.325 e. The number of aliphatic hydroxyl groups is 2. The van der Waals surface area contributed by atoms with Crippen LogP contribution in [0.25, 0.3) is 10.9 Å². The molecule has 0 bridgehead atoms. The Morgan fingerprint density at radius 3 is 1.57 bits per heavy atom. The zero-order valence-electron chi connectivity index (χ0n) is 72.8. The fraction of sp³-hybridized carbons (Fsp3) is 0.671. The maximum absolute atomic E-state index is 15.5. The second-order valence-corrected chi connectivity index (χ2v) is 34.3. The lowest BCUT2D eigenvalue weighted by molar-refractivity contribution is -0.142. The molecule has 15 amide bonds. The molecule has 40 heteroatoms. The fourth-order valence-corrected chi connectivity index (χ4v) is 13.8. The molecular weight excluding hydrogens is 1610 g/mol. The van der Waals surface area contributed by atoms with E-state index in [1.54, 1.807) is 104 Å². The van der Waals surface area contributed by atoms with Crippen LogP contribution in [-0.4, -0.2) is 246 Å². The lowest BCUT2D eigenvalue weighted by Crippen LogP contribution is -2.66. The molecule has 1 aliphatic heterocycles. The third kappa shape index (κ3) is 35.3. The highest BCUT2D eigenvalue weighted by atomic mass is 32.2. The number of amides is 15. The second-order valence-electron chi connectivity index (χ2n) is 33.4. The zero-order chi connectivity index (χ0) is 92.2. The number of rotatable bonds is 44. The first-order valence-electron chi connectivity index (χ1n) is 41.6. The molecule has 17 atom stereocenters. The molecule has 0 aliphatic carbocycles. The number of unbranched alkanes of at least 4 members (excludes halogenated alkanes) is 1. The number of hydrogen-bond donors (Lipinski definition) is 22. The zero-order valence-corrected chi connectivity index (χ0v) is 73.6. The van der Waals surface area contributed by atoms with E-state index >= 15 is 19.2 Å². The maximum atomic E-state index is 15.5. The van der Waals surface area contributed by atoms with Crippen LogP contribution >= 0.6 is 11.8 Å². The summed E-state index contributed by atoms with van der Waals surface area (Å²) >= 11 is 1.29. The molecular formula is C82H134N18O21S. The first kappa shape index (κ1) is 106. The Labute approximate surface area is 716 Å². The van der Waals surface area contributed by atoms with Crippen molar-refractivity contribution in [2.24, 2.45) is 40.9 Å². The summed E-state index contributed by atoms with van der Waals surface area (Å²) in [5.41, 5.74) is 14.1. The minimum atomic E-state index is -2.06. The van der Waals surface area contributed by atoms with Crippen LogP contribution in [-0.2, 0) is 87.9 Å². The molecule has 0 radical (unpaired) electrons. The van der Waals surface area contributed by atoms with Crippen LogP contribution in [0.1, 0.15) is 205 Å². The van der Waals surface area contributed by atoms with Gasteiger partial charge in [0.05, 0.1) is 18.2 Å². The Bertz CT molecular complexity index is 3950. The fourth-order valence-electron chi connectivity index (χ4n) is 13.3. The number of hydrogen-bond acceptors (Lipinski definition) is 22. The monoisotopic (exact) mass is 1740 g/mol. The standard InChI is InChI=1S/C82H134N18O21S/c1-42(2)38-57(70(110)92-58(39-43(3)4)72(112)96-62(44(5)6)74(114)87-47(10)78(118)119)93-76(116)64(48(11)101)98-80(121)82(14)35-24-19-17-16-18-23-34-81(13,79(120)94-59(40-50-41-86-52-27-21-20-26-51(50)52)71(111)90-56(33-37-122-15)69(109)97-65(49(12)102)77(117)100-82)99-73(113)53(28-22-25-36-83)91-75(115)63(45(7)8)95-68(108)55(30-32-61(104)105)89-67(107)54(29-31-60(85)103)88-66(106)46(9)84/h16-17,20-21,26-27,41-49,53-59,62-65,86,101-102H,18-19,22-25,28-40,83-84H2,1-15H3,(H2,85,103)(H,87,114)(H,88,106)(H,89,107)(H,90,111)(H,91,115)(H,92,110)(H,93,116)(H,94,120)(H,95,108)(H,96,112)(H,97,109)(H,98,121)(H,99,113)(H,100,117)(H,104,105)(H,118,119)/b17-16-/t46-,47-,48+,49+,53-,54-,55-,56-,57-,58-,59-,62-,63-,64-,65-,81?,82?/m0/s1. The molecule has 2 aromatic rings. The number of fused-ring (bicyclic) bond motifs is 1. The number of carboxylic acids is 2. The summed E-state index contributed by atoms with van der Waals surface area (Å²) in [6.45, 7) is 21.2. The number of allylic oxidation sites excluding steroid dienone is 2. The summed E-state index contributed by atoms with van der Waals surface area (Å²) in [4.78, 5) is 241. The minimum Gasteiger partial charge on any atom is -0.481 e. The lowest BCUT2D eigenvalue weighted by Gasteiger charge is -2.35. The van der Waals surface area contributed by atoms with Gasteiger partial charge in [-0.05, 0) is 185 Å². The van der Waals surface area contributed by atoms with Crippen LogP contribution in [0, 0.1) is 23.7 Å². The van der Waals surface area contributed by atoms with Crippen molar-refractivity contribution in [3.8, 4) is 0 Å². The summed E-state index contributed by atoms with van der Waals surface area (Å²) < 4.78 is 0. The van der Waals surface area contributed by atoms with E-state index in [0.717, 1.165) is 0 Å². The van der Waals surface area contributed by atoms with Gasteiger partial charge in [0.1, 0.15) is 83.6 Å². The van der Waals surface area contributed by atoms with Gasteiger partial charge in [-0.2, -0.15) is 11.8 Å². The molecule has 2 heterocycles. The van der Waals surface area contributed by atoms with E-state index in [1.165, 1.54) is 53.3 Å². The van der Waals surface area contributed by atoms with Crippen molar-refractivity contribution in [2.45, 2.75) is 308 Å². The highest BCUT2D eigenvalue weighted by Gasteiger charge is 2.45. The van der Waals surface area contributed by atoms with Crippen LogP contribution in [0.5, 0.6) is 0 Å². The Kier molecular flexibility index (Phi) is 44.7. The number of aliphatic hydroxyl groups excluding tert-OH is 2. The molecule has 39 nitrogen and oxygen atoms in total. The molecule has 0 spiro atoms. The Morgan fingerprint density at radius 2 is 1.05 bits per heavy atom. The predicted octanol–water partition coefficient (Wildman–Crippen LogP) is -1.18. The number of benzene rings is 1. The number of aliphatic carboxylic acids is 2. The topological polar surface area (TPSA) is 633 Å². The first-order valence-corrected chi connectivity index (χ1v) is 43.0. The Hall–Kier alpha value is -10.3. The number of nitrogens with two attached hydrogens (primary N) is 3. The molecule has 0 fully saturated rings. The van der Waals surface area contributed by atoms with Crippen molar-refractivity contribution in [3.63, 3.8) is 0 Å². The molecule has 3 rings (SSSR count). The predicted molar refractivity (Wildman–Crippen MR) is 455 cm³/mol. The molecule has 684 valence electrons. The number of thioether (sulfide) groups is 1. The quantitative estimate of drug-likeness (QED) is 0.0274. The number of aromatic amines is 1. The average molecular weight is 1740 g/mol. The van der Waals surface area contributed by atoms with E-state index in [2.05, 4.69) is 79.4 Å². The van der Waals surface area contributed by atoms with Gasteiger partial charge in [0.2, 0.25) is 88.6 Å². The second kappa shape index (κ2) is 51.6. The SMILES string of the molecule is CSCC[C@@H]1NC(=O)[C@H](Cc2c[nH]c3ccccc23)NC(=O)C(C)(NC(=O)[C@H](CCCCN)NC(=O)[C@@H](NC(=O)[C@H](CCC(=O)O)NC(=O)[C@H](CCC(N)=O)NC(=O)[C@H](C)N)C(C)C)CCC/C=C\CCCC(C)(C(=O)N[C@H](C(=O)N[C@@H](CC(C)C)C(=O)N[C@@H](CC(C)C)C(=O)N[C@H](C(=O)N[C@@H](C)C(=O)O)C(C)C)[C@@H](C)O)NC(=O)[C@H]([C@@H](C)O)NC1=O. The number of primary amides is 1. The largest absolute Gasteiger partial charge is 0.481 e.